The molecule has 5 nitrogen and oxygen atoms in total. The summed E-state index contributed by atoms with van der Waals surface area (Å²) in [6.45, 7) is 4.54. The van der Waals surface area contributed by atoms with Crippen LogP contribution in [-0.2, 0) is 17.9 Å². The SMILES string of the molecule is COc1ccc(CN(C)C(=O)CN2CCN(Cc3c(F)cccc3Cl)CC2)cc1. The number of rotatable bonds is 7. The minimum absolute atomic E-state index is 0.0893. The normalized spacial score (nSPS) is 15.3. The molecule has 0 aliphatic carbocycles. The average Bonchev–Trinajstić information content (AvgIpc) is 2.72. The molecule has 29 heavy (non-hydrogen) atoms. The molecule has 1 heterocycles. The number of hydrogen-bond acceptors (Lipinski definition) is 4. The van der Waals surface area contributed by atoms with Crippen molar-refractivity contribution in [1.29, 1.82) is 0 Å². The van der Waals surface area contributed by atoms with E-state index in [1.54, 1.807) is 24.1 Å². The van der Waals surface area contributed by atoms with Gasteiger partial charge in [-0.25, -0.2) is 4.39 Å². The molecule has 0 N–H and O–H groups in total. The van der Waals surface area contributed by atoms with Crippen molar-refractivity contribution in [2.75, 3.05) is 46.9 Å². The summed E-state index contributed by atoms with van der Waals surface area (Å²) in [6.07, 6.45) is 0. The maximum Gasteiger partial charge on any atom is 0.236 e. The van der Waals surface area contributed by atoms with Crippen molar-refractivity contribution in [3.05, 3.63) is 64.4 Å². The summed E-state index contributed by atoms with van der Waals surface area (Å²) in [5.41, 5.74) is 1.60. The van der Waals surface area contributed by atoms with Crippen LogP contribution in [0.2, 0.25) is 5.02 Å². The maximum atomic E-state index is 14.0. The Morgan fingerprint density at radius 1 is 1.10 bits per heavy atom. The first-order valence-corrected chi connectivity index (χ1v) is 10.1. The lowest BCUT2D eigenvalue weighted by Crippen LogP contribution is -2.49. The molecule has 0 atom stereocenters. The Morgan fingerprint density at radius 3 is 2.38 bits per heavy atom. The molecule has 1 saturated heterocycles. The van der Waals surface area contributed by atoms with Gasteiger partial charge in [-0.2, -0.15) is 0 Å². The second kappa shape index (κ2) is 10.1. The highest BCUT2D eigenvalue weighted by Gasteiger charge is 2.22. The third-order valence-electron chi connectivity index (χ3n) is 5.27. The summed E-state index contributed by atoms with van der Waals surface area (Å²) < 4.78 is 19.1. The summed E-state index contributed by atoms with van der Waals surface area (Å²) in [5.74, 6) is 0.624. The zero-order chi connectivity index (χ0) is 20.8. The van der Waals surface area contributed by atoms with E-state index in [1.165, 1.54) is 6.07 Å². The van der Waals surface area contributed by atoms with E-state index in [1.807, 2.05) is 31.3 Å². The summed E-state index contributed by atoms with van der Waals surface area (Å²) >= 11 is 6.13. The van der Waals surface area contributed by atoms with Crippen LogP contribution in [0.3, 0.4) is 0 Å². The Hall–Kier alpha value is -2.15. The third kappa shape index (κ3) is 5.92. The predicted molar refractivity (Wildman–Crippen MR) is 113 cm³/mol. The highest BCUT2D eigenvalue weighted by atomic mass is 35.5. The number of carbonyl (C=O) groups excluding carboxylic acids is 1. The van der Waals surface area contributed by atoms with Crippen LogP contribution in [0.4, 0.5) is 4.39 Å². The lowest BCUT2D eigenvalue weighted by molar-refractivity contribution is -0.132. The number of piperazine rings is 1. The van der Waals surface area contributed by atoms with E-state index in [9.17, 15) is 9.18 Å². The van der Waals surface area contributed by atoms with E-state index >= 15 is 0 Å². The standard InChI is InChI=1S/C22H27ClFN3O2/c1-25(14-17-6-8-18(29-2)9-7-17)22(28)16-27-12-10-26(11-13-27)15-19-20(23)4-3-5-21(19)24/h3-9H,10-16H2,1-2H3. The number of halogens is 2. The summed E-state index contributed by atoms with van der Waals surface area (Å²) in [7, 11) is 3.46. The Kier molecular flexibility index (Phi) is 7.47. The summed E-state index contributed by atoms with van der Waals surface area (Å²) in [6, 6.07) is 12.5. The number of methoxy groups -OCH3 is 1. The lowest BCUT2D eigenvalue weighted by atomic mass is 10.1. The van der Waals surface area contributed by atoms with Crippen LogP contribution in [0.15, 0.2) is 42.5 Å². The zero-order valence-corrected chi connectivity index (χ0v) is 17.7. The number of benzene rings is 2. The van der Waals surface area contributed by atoms with Gasteiger partial charge in [0, 0.05) is 56.9 Å². The molecule has 1 fully saturated rings. The summed E-state index contributed by atoms with van der Waals surface area (Å²) in [4.78, 5) is 18.6. The van der Waals surface area contributed by atoms with Crippen molar-refractivity contribution in [3.63, 3.8) is 0 Å². The minimum atomic E-state index is -0.268. The molecule has 2 aromatic rings. The zero-order valence-electron chi connectivity index (χ0n) is 16.9. The molecule has 0 unspecified atom stereocenters. The number of amides is 1. The van der Waals surface area contributed by atoms with Crippen molar-refractivity contribution < 1.29 is 13.9 Å². The largest absolute Gasteiger partial charge is 0.497 e. The van der Waals surface area contributed by atoms with E-state index in [-0.39, 0.29) is 11.7 Å². The highest BCUT2D eigenvalue weighted by Crippen LogP contribution is 2.21. The monoisotopic (exact) mass is 419 g/mol. The molecule has 7 heteroatoms. The lowest BCUT2D eigenvalue weighted by Gasteiger charge is -2.35. The van der Waals surface area contributed by atoms with Gasteiger partial charge in [-0.1, -0.05) is 29.8 Å². The van der Waals surface area contributed by atoms with E-state index in [0.29, 0.717) is 30.2 Å². The van der Waals surface area contributed by atoms with Crippen LogP contribution >= 0.6 is 11.6 Å². The van der Waals surface area contributed by atoms with Gasteiger partial charge in [0.15, 0.2) is 0 Å². The molecule has 0 radical (unpaired) electrons. The van der Waals surface area contributed by atoms with Crippen LogP contribution in [0.25, 0.3) is 0 Å². The molecular formula is C22H27ClFN3O2. The molecule has 0 bridgehead atoms. The smallest absolute Gasteiger partial charge is 0.236 e. The van der Waals surface area contributed by atoms with Gasteiger partial charge >= 0.3 is 0 Å². The molecule has 3 rings (SSSR count). The molecule has 156 valence electrons. The molecular weight excluding hydrogens is 393 g/mol. The summed E-state index contributed by atoms with van der Waals surface area (Å²) in [5, 5.41) is 0.461. The molecule has 1 aliphatic rings. The molecule has 0 aromatic heterocycles. The van der Waals surface area contributed by atoms with Gasteiger partial charge in [-0.3, -0.25) is 14.6 Å². The van der Waals surface area contributed by atoms with E-state index < -0.39 is 0 Å². The number of nitrogens with zero attached hydrogens (tertiary/aromatic N) is 3. The van der Waals surface area contributed by atoms with E-state index in [4.69, 9.17) is 16.3 Å². The second-order valence-corrected chi connectivity index (χ2v) is 7.76. The van der Waals surface area contributed by atoms with Gasteiger partial charge < -0.3 is 9.64 Å². The first-order chi connectivity index (χ1) is 14.0. The van der Waals surface area contributed by atoms with Crippen LogP contribution in [-0.4, -0.2) is 67.5 Å². The number of carbonyl (C=O) groups is 1. The quantitative estimate of drug-likeness (QED) is 0.690. The van der Waals surface area contributed by atoms with Gasteiger partial charge in [0.05, 0.1) is 13.7 Å². The van der Waals surface area contributed by atoms with Crippen molar-refractivity contribution in [2.45, 2.75) is 13.1 Å². The van der Waals surface area contributed by atoms with Gasteiger partial charge in [0.2, 0.25) is 5.91 Å². The number of hydrogen-bond donors (Lipinski definition) is 0. The fraction of sp³-hybridized carbons (Fsp3) is 0.409. The Labute approximate surface area is 176 Å². The molecule has 2 aromatic carbocycles. The van der Waals surface area contributed by atoms with Gasteiger partial charge in [0.25, 0.3) is 0 Å². The second-order valence-electron chi connectivity index (χ2n) is 7.35. The van der Waals surface area contributed by atoms with E-state index in [0.717, 1.165) is 37.5 Å². The molecule has 1 amide bonds. The van der Waals surface area contributed by atoms with Crippen molar-refractivity contribution in [1.82, 2.24) is 14.7 Å². The minimum Gasteiger partial charge on any atom is -0.497 e. The van der Waals surface area contributed by atoms with Crippen molar-refractivity contribution >= 4 is 17.5 Å². The fourth-order valence-corrected chi connectivity index (χ4v) is 3.64. The molecule has 0 saturated carbocycles. The van der Waals surface area contributed by atoms with Crippen LogP contribution in [0.5, 0.6) is 5.75 Å². The van der Waals surface area contributed by atoms with Crippen molar-refractivity contribution in [2.24, 2.45) is 0 Å². The van der Waals surface area contributed by atoms with Gasteiger partial charge in [-0.15, -0.1) is 0 Å². The topological polar surface area (TPSA) is 36.0 Å². The Morgan fingerprint density at radius 2 is 1.76 bits per heavy atom. The maximum absolute atomic E-state index is 14.0. The fourth-order valence-electron chi connectivity index (χ4n) is 3.42. The molecule has 0 spiro atoms. The van der Waals surface area contributed by atoms with Gasteiger partial charge in [0.1, 0.15) is 11.6 Å². The van der Waals surface area contributed by atoms with Crippen LogP contribution < -0.4 is 4.74 Å². The average molecular weight is 420 g/mol. The molecule has 1 aliphatic heterocycles. The highest BCUT2D eigenvalue weighted by molar-refractivity contribution is 6.31. The number of likely N-dealkylation sites (N-methyl/N-ethyl adjacent to an activating group) is 1. The van der Waals surface area contributed by atoms with Crippen molar-refractivity contribution in [3.8, 4) is 5.75 Å². The first kappa shape index (κ1) is 21.6. The van der Waals surface area contributed by atoms with Crippen LogP contribution in [0, 0.1) is 5.82 Å². The van der Waals surface area contributed by atoms with Crippen LogP contribution in [0.1, 0.15) is 11.1 Å². The Bertz CT molecular complexity index is 803. The first-order valence-electron chi connectivity index (χ1n) is 9.70. The number of ether oxygens (including phenoxy) is 1. The Balaban J connectivity index is 1.45. The van der Waals surface area contributed by atoms with Gasteiger partial charge in [-0.05, 0) is 29.8 Å². The van der Waals surface area contributed by atoms with E-state index in [2.05, 4.69) is 9.80 Å². The predicted octanol–water partition coefficient (Wildman–Crippen LogP) is 3.26. The third-order valence-corrected chi connectivity index (χ3v) is 5.63.